The van der Waals surface area contributed by atoms with Gasteiger partial charge < -0.3 is 0 Å². The monoisotopic (exact) mass is 478 g/mol. The van der Waals surface area contributed by atoms with Crippen LogP contribution in [-0.4, -0.2) is 35.2 Å². The van der Waals surface area contributed by atoms with Crippen molar-refractivity contribution in [3.8, 4) is 0 Å². The van der Waals surface area contributed by atoms with Crippen LogP contribution in [0.25, 0.3) is 0 Å². The lowest BCUT2D eigenvalue weighted by atomic mass is 10.2. The first-order valence-corrected chi connectivity index (χ1v) is 9.99. The Hall–Kier alpha value is -1.80. The van der Waals surface area contributed by atoms with Crippen molar-refractivity contribution in [1.82, 2.24) is 10.0 Å². The summed E-state index contributed by atoms with van der Waals surface area (Å²) in [5.41, 5.74) is 1.65. The minimum atomic E-state index is 0.183. The van der Waals surface area contributed by atoms with Crippen LogP contribution >= 0.6 is 31.9 Å². The van der Waals surface area contributed by atoms with Gasteiger partial charge in [-0.1, -0.05) is 34.7 Å². The lowest BCUT2D eigenvalue weighted by molar-refractivity contribution is 0.0321. The van der Waals surface area contributed by atoms with Crippen molar-refractivity contribution in [2.75, 3.05) is 13.1 Å². The van der Waals surface area contributed by atoms with Crippen molar-refractivity contribution in [1.29, 1.82) is 0 Å². The molecule has 2 aromatic carbocycles. The molecule has 2 aromatic rings. The van der Waals surface area contributed by atoms with Crippen LogP contribution in [0.1, 0.15) is 13.8 Å². The second-order valence-electron chi connectivity index (χ2n) is 6.23. The van der Waals surface area contributed by atoms with Gasteiger partial charge >= 0.3 is 0 Å². The van der Waals surface area contributed by atoms with Gasteiger partial charge in [0.15, 0.2) is 0 Å². The van der Waals surface area contributed by atoms with Crippen molar-refractivity contribution in [3.63, 3.8) is 0 Å². The molecule has 0 aromatic heterocycles. The van der Waals surface area contributed by atoms with Gasteiger partial charge in [-0.05, 0) is 70.0 Å². The molecule has 0 saturated carbocycles. The summed E-state index contributed by atoms with van der Waals surface area (Å²) < 4.78 is 1.87. The first-order chi connectivity index (χ1) is 12.5. The molecular weight excluding hydrogens is 460 g/mol. The van der Waals surface area contributed by atoms with Gasteiger partial charge in [0.25, 0.3) is 0 Å². The van der Waals surface area contributed by atoms with Crippen molar-refractivity contribution in [2.24, 2.45) is 20.7 Å². The molecule has 1 aliphatic heterocycles. The zero-order valence-corrected chi connectivity index (χ0v) is 17.8. The third-order valence-electron chi connectivity index (χ3n) is 4.09. The third kappa shape index (κ3) is 4.67. The Labute approximate surface area is 170 Å². The summed E-state index contributed by atoms with van der Waals surface area (Å²) in [5, 5.41) is 21.6. The second-order valence-corrected chi connectivity index (χ2v) is 7.94. The highest BCUT2D eigenvalue weighted by atomic mass is 79.9. The van der Waals surface area contributed by atoms with E-state index in [1.165, 1.54) is 0 Å². The number of rotatable bonds is 4. The molecule has 1 fully saturated rings. The molecule has 8 heteroatoms. The van der Waals surface area contributed by atoms with Crippen LogP contribution in [0.15, 0.2) is 78.2 Å². The smallest absolute Gasteiger partial charge is 0.102 e. The minimum absolute atomic E-state index is 0.183. The summed E-state index contributed by atoms with van der Waals surface area (Å²) in [4.78, 5) is 0. The van der Waals surface area contributed by atoms with Crippen LogP contribution in [0.5, 0.6) is 0 Å². The van der Waals surface area contributed by atoms with E-state index >= 15 is 0 Å². The lowest BCUT2D eigenvalue weighted by Crippen LogP contribution is -2.52. The Morgan fingerprint density at radius 1 is 0.769 bits per heavy atom. The molecule has 0 unspecified atom stereocenters. The standard InChI is InChI=1S/C18H20Br2N6/c1-13-11-25(23-21-17-9-5-3-7-15(17)19)12-14(2)26(13)24-22-18-10-6-4-8-16(18)20/h3-10,13-14H,11-12H2,1-2H3/t13-,14+. The van der Waals surface area contributed by atoms with Gasteiger partial charge in [0.05, 0.1) is 25.2 Å². The molecule has 6 nitrogen and oxygen atoms in total. The Morgan fingerprint density at radius 2 is 1.23 bits per heavy atom. The van der Waals surface area contributed by atoms with Gasteiger partial charge in [-0.2, -0.15) is 0 Å². The summed E-state index contributed by atoms with van der Waals surface area (Å²) in [6.07, 6.45) is 0. The highest BCUT2D eigenvalue weighted by Gasteiger charge is 2.28. The van der Waals surface area contributed by atoms with Gasteiger partial charge in [-0.15, -0.1) is 10.2 Å². The number of hydrogen-bond donors (Lipinski definition) is 0. The molecular formula is C18H20Br2N6. The Kier molecular flexibility index (Phi) is 6.37. The van der Waals surface area contributed by atoms with Gasteiger partial charge in [0, 0.05) is 8.95 Å². The lowest BCUT2D eigenvalue weighted by Gasteiger charge is -2.39. The molecule has 2 atom stereocenters. The largest absolute Gasteiger partial charge is 0.274 e. The van der Waals surface area contributed by atoms with E-state index in [4.69, 9.17) is 0 Å². The van der Waals surface area contributed by atoms with Crippen LogP contribution in [0, 0.1) is 0 Å². The average molecular weight is 480 g/mol. The Bertz CT molecular complexity index is 798. The van der Waals surface area contributed by atoms with E-state index in [-0.39, 0.29) is 12.1 Å². The highest BCUT2D eigenvalue weighted by Crippen LogP contribution is 2.27. The highest BCUT2D eigenvalue weighted by molar-refractivity contribution is 9.11. The second kappa shape index (κ2) is 8.73. The normalized spacial score (nSPS) is 21.1. The van der Waals surface area contributed by atoms with Crippen LogP contribution in [0.4, 0.5) is 11.4 Å². The first kappa shape index (κ1) is 19.0. The van der Waals surface area contributed by atoms with E-state index in [0.717, 1.165) is 33.4 Å². The van der Waals surface area contributed by atoms with Gasteiger partial charge in [0.1, 0.15) is 11.4 Å². The zero-order valence-electron chi connectivity index (χ0n) is 14.6. The van der Waals surface area contributed by atoms with E-state index in [9.17, 15) is 0 Å². The molecule has 1 heterocycles. The predicted octanol–water partition coefficient (Wildman–Crippen LogP) is 6.30. The van der Waals surface area contributed by atoms with Crippen LogP contribution in [0.3, 0.4) is 0 Å². The maximum atomic E-state index is 4.47. The zero-order chi connectivity index (χ0) is 18.5. The van der Waals surface area contributed by atoms with E-state index in [2.05, 4.69) is 66.4 Å². The Morgan fingerprint density at radius 3 is 1.73 bits per heavy atom. The Balaban J connectivity index is 1.66. The van der Waals surface area contributed by atoms with Crippen molar-refractivity contribution < 1.29 is 0 Å². The molecule has 26 heavy (non-hydrogen) atoms. The van der Waals surface area contributed by atoms with Crippen LogP contribution < -0.4 is 0 Å². The molecule has 0 spiro atoms. The van der Waals surface area contributed by atoms with E-state index in [1.54, 1.807) is 0 Å². The number of halogens is 2. The van der Waals surface area contributed by atoms with Gasteiger partial charge in [0.2, 0.25) is 0 Å². The molecule has 0 amide bonds. The van der Waals surface area contributed by atoms with E-state index in [1.807, 2.05) is 58.5 Å². The minimum Gasteiger partial charge on any atom is -0.274 e. The quantitative estimate of drug-likeness (QED) is 0.482. The third-order valence-corrected chi connectivity index (χ3v) is 5.43. The van der Waals surface area contributed by atoms with Gasteiger partial charge in [-0.25, -0.2) is 0 Å². The molecule has 0 radical (unpaired) electrons. The number of piperazine rings is 1. The fourth-order valence-corrected chi connectivity index (χ4v) is 3.54. The summed E-state index contributed by atoms with van der Waals surface area (Å²) in [6.45, 7) is 5.73. The summed E-state index contributed by atoms with van der Waals surface area (Å²) >= 11 is 6.99. The summed E-state index contributed by atoms with van der Waals surface area (Å²) in [7, 11) is 0. The predicted molar refractivity (Wildman–Crippen MR) is 110 cm³/mol. The van der Waals surface area contributed by atoms with Crippen molar-refractivity contribution in [2.45, 2.75) is 25.9 Å². The number of hydrogen-bond acceptors (Lipinski definition) is 4. The fourth-order valence-electron chi connectivity index (χ4n) is 2.81. The maximum Gasteiger partial charge on any atom is 0.102 e. The molecule has 0 N–H and O–H groups in total. The molecule has 1 aliphatic rings. The summed E-state index contributed by atoms with van der Waals surface area (Å²) in [5.74, 6) is 0. The van der Waals surface area contributed by atoms with Gasteiger partial charge in [-0.3, -0.25) is 10.0 Å². The van der Waals surface area contributed by atoms with Crippen molar-refractivity contribution >= 4 is 43.2 Å². The summed E-state index contributed by atoms with van der Waals surface area (Å²) in [6, 6.07) is 16.0. The SMILES string of the molecule is C[C@@H]1CN(N=Nc2ccccc2Br)C[C@H](C)N1N=Nc1ccccc1Br. The van der Waals surface area contributed by atoms with Crippen molar-refractivity contribution in [3.05, 3.63) is 57.5 Å². The molecule has 3 rings (SSSR count). The maximum absolute atomic E-state index is 4.47. The first-order valence-electron chi connectivity index (χ1n) is 8.40. The topological polar surface area (TPSA) is 55.9 Å². The number of nitrogens with zero attached hydrogens (tertiary/aromatic N) is 6. The van der Waals surface area contributed by atoms with E-state index in [0.29, 0.717) is 0 Å². The fraction of sp³-hybridized carbons (Fsp3) is 0.333. The molecule has 0 aliphatic carbocycles. The molecule has 1 saturated heterocycles. The van der Waals surface area contributed by atoms with Crippen LogP contribution in [0.2, 0.25) is 0 Å². The molecule has 0 bridgehead atoms. The van der Waals surface area contributed by atoms with Crippen LogP contribution in [-0.2, 0) is 0 Å². The van der Waals surface area contributed by atoms with E-state index < -0.39 is 0 Å². The average Bonchev–Trinajstić information content (AvgIpc) is 2.62. The number of benzene rings is 2. The molecule has 136 valence electrons.